The predicted octanol–water partition coefficient (Wildman–Crippen LogP) is 1.74. The molecule has 212 valence electrons. The van der Waals surface area contributed by atoms with Crippen LogP contribution < -0.4 is 20.3 Å². The van der Waals surface area contributed by atoms with Crippen molar-refractivity contribution in [2.45, 2.75) is 38.5 Å². The molecule has 0 saturated carbocycles. The van der Waals surface area contributed by atoms with E-state index in [-0.39, 0.29) is 30.3 Å². The number of carboxylic acids is 1. The van der Waals surface area contributed by atoms with Crippen LogP contribution in [0.15, 0.2) is 12.4 Å². The average Bonchev–Trinajstić information content (AvgIpc) is 3.50. The van der Waals surface area contributed by atoms with Gasteiger partial charge in [-0.05, 0) is 56.3 Å². The van der Waals surface area contributed by atoms with E-state index in [2.05, 4.69) is 31.7 Å². The van der Waals surface area contributed by atoms with Gasteiger partial charge < -0.3 is 25.2 Å². The number of carboxylic acid groups (broad SMARTS) is 1. The Balaban J connectivity index is 0.000000470. The van der Waals surface area contributed by atoms with E-state index in [0.29, 0.717) is 36.8 Å². The fourth-order valence-electron chi connectivity index (χ4n) is 4.51. The van der Waals surface area contributed by atoms with Crippen LogP contribution in [0.2, 0.25) is 0 Å². The second-order valence-corrected chi connectivity index (χ2v) is 9.23. The first-order chi connectivity index (χ1) is 19.0. The zero-order chi connectivity index (χ0) is 29.0. The molecule has 2 unspecified atom stereocenters. The molecule has 0 spiro atoms. The second-order valence-electron chi connectivity index (χ2n) is 9.23. The third kappa shape index (κ3) is 6.54. The number of amides is 2. The molecule has 2 aromatic rings. The first-order valence-electron chi connectivity index (χ1n) is 12.1. The maximum atomic E-state index is 12.3. The normalized spacial score (nSPS) is 19.3. The van der Waals surface area contributed by atoms with Crippen LogP contribution in [0.5, 0.6) is 5.88 Å². The lowest BCUT2D eigenvalue weighted by atomic mass is 10.0. The van der Waals surface area contributed by atoms with Gasteiger partial charge >= 0.3 is 18.2 Å². The van der Waals surface area contributed by atoms with Crippen LogP contribution in [0.4, 0.5) is 29.6 Å². The topological polar surface area (TPSA) is 180 Å². The van der Waals surface area contributed by atoms with Crippen molar-refractivity contribution in [3.8, 4) is 11.9 Å². The van der Waals surface area contributed by atoms with Crippen LogP contribution in [0.3, 0.4) is 0 Å². The van der Waals surface area contributed by atoms with Crippen LogP contribution in [-0.4, -0.2) is 76.5 Å². The maximum Gasteiger partial charge on any atom is 0.490 e. The summed E-state index contributed by atoms with van der Waals surface area (Å²) >= 11 is 0. The molecule has 1 fully saturated rings. The molecule has 16 heteroatoms. The first-order valence-corrected chi connectivity index (χ1v) is 12.1. The summed E-state index contributed by atoms with van der Waals surface area (Å²) in [7, 11) is 0. The molecule has 4 heterocycles. The number of nitriles is 1. The van der Waals surface area contributed by atoms with Crippen molar-refractivity contribution in [3.63, 3.8) is 0 Å². The molecule has 0 bridgehead atoms. The smallest absolute Gasteiger partial charge is 0.475 e. The summed E-state index contributed by atoms with van der Waals surface area (Å²) in [4.78, 5) is 46.9. The number of fused-ring (bicyclic) bond motifs is 2. The fourth-order valence-corrected chi connectivity index (χ4v) is 4.51. The van der Waals surface area contributed by atoms with Gasteiger partial charge in [0.15, 0.2) is 18.2 Å². The highest BCUT2D eigenvalue weighted by molar-refractivity contribution is 5.94. The molecule has 5 rings (SSSR count). The SMILES string of the molecule is Cc1ncc(C#N)c2c1CC(CNCCC1CN(c3cnc4c(n3)NC(=O)CO4)C(=O)O1)C2.O=C(O)C(F)(F)F. The molecule has 3 N–H and O–H groups in total. The minimum atomic E-state index is -5.08. The van der Waals surface area contributed by atoms with Crippen molar-refractivity contribution < 1.29 is 42.1 Å². The Morgan fingerprint density at radius 2 is 2.00 bits per heavy atom. The number of hydrogen-bond acceptors (Lipinski definition) is 10. The summed E-state index contributed by atoms with van der Waals surface area (Å²) in [6.07, 6.45) is -0.301. The molecule has 2 amide bonds. The van der Waals surface area contributed by atoms with Gasteiger partial charge in [-0.3, -0.25) is 14.7 Å². The van der Waals surface area contributed by atoms with E-state index < -0.39 is 18.2 Å². The average molecular weight is 563 g/mol. The highest BCUT2D eigenvalue weighted by atomic mass is 19.4. The Kier molecular flexibility index (Phi) is 8.33. The van der Waals surface area contributed by atoms with E-state index in [1.54, 1.807) is 6.20 Å². The number of halogens is 3. The summed E-state index contributed by atoms with van der Waals surface area (Å²) in [5, 5.41) is 22.5. The van der Waals surface area contributed by atoms with Crippen molar-refractivity contribution in [3.05, 3.63) is 34.8 Å². The van der Waals surface area contributed by atoms with Gasteiger partial charge in [0.25, 0.3) is 11.8 Å². The number of aromatic nitrogens is 3. The number of rotatable bonds is 6. The molecule has 13 nitrogen and oxygen atoms in total. The lowest BCUT2D eigenvalue weighted by Crippen LogP contribution is -2.30. The lowest BCUT2D eigenvalue weighted by molar-refractivity contribution is -0.192. The van der Waals surface area contributed by atoms with E-state index >= 15 is 0 Å². The Hall–Kier alpha value is -4.52. The van der Waals surface area contributed by atoms with E-state index in [4.69, 9.17) is 19.4 Å². The van der Waals surface area contributed by atoms with Crippen LogP contribution in [0.25, 0.3) is 0 Å². The molecule has 40 heavy (non-hydrogen) atoms. The minimum absolute atomic E-state index is 0.106. The highest BCUT2D eigenvalue weighted by Crippen LogP contribution is 2.31. The molecule has 1 aliphatic carbocycles. The number of hydrogen-bond donors (Lipinski definition) is 3. The van der Waals surface area contributed by atoms with Crippen molar-refractivity contribution >= 4 is 29.6 Å². The molecule has 0 radical (unpaired) electrons. The van der Waals surface area contributed by atoms with Crippen LogP contribution in [-0.2, 0) is 27.2 Å². The summed E-state index contributed by atoms with van der Waals surface area (Å²) < 4.78 is 42.4. The number of aliphatic carboxylic acids is 1. The number of carbonyl (C=O) groups is 3. The number of alkyl halides is 3. The lowest BCUT2D eigenvalue weighted by Gasteiger charge is -2.18. The van der Waals surface area contributed by atoms with Crippen LogP contribution in [0.1, 0.15) is 28.8 Å². The van der Waals surface area contributed by atoms with Crippen molar-refractivity contribution in [2.24, 2.45) is 5.92 Å². The minimum Gasteiger partial charge on any atom is -0.475 e. The molecule has 2 aromatic heterocycles. The number of anilines is 2. The van der Waals surface area contributed by atoms with Crippen molar-refractivity contribution in [1.82, 2.24) is 20.3 Å². The van der Waals surface area contributed by atoms with Crippen LogP contribution >= 0.6 is 0 Å². The quantitative estimate of drug-likeness (QED) is 0.436. The summed E-state index contributed by atoms with van der Waals surface area (Å²) in [6.45, 7) is 3.75. The van der Waals surface area contributed by atoms with Gasteiger partial charge in [-0.15, -0.1) is 0 Å². The molecule has 2 atom stereocenters. The zero-order valence-corrected chi connectivity index (χ0v) is 21.1. The van der Waals surface area contributed by atoms with Crippen molar-refractivity contribution in [1.29, 1.82) is 5.26 Å². The standard InChI is InChI=1S/C22H23N7O4.C2HF3O2/c1-12-16-4-13(5-17(16)14(6-23)8-25-12)7-24-3-2-15-10-29(22(31)33-15)18-9-26-21-20(27-18)28-19(30)11-32-21;3-2(4,5)1(6)7/h8-9,13,15,24H,2-5,7,10-11H2,1H3,(H,27,28,30);(H,6,7). The number of nitrogens with zero attached hydrogens (tertiary/aromatic N) is 5. The van der Waals surface area contributed by atoms with Gasteiger partial charge in [-0.25, -0.2) is 19.6 Å². The second kappa shape index (κ2) is 11.7. The van der Waals surface area contributed by atoms with E-state index in [1.807, 2.05) is 6.92 Å². The largest absolute Gasteiger partial charge is 0.490 e. The van der Waals surface area contributed by atoms with Gasteiger partial charge in [0.1, 0.15) is 12.2 Å². The molecular formula is C24H24F3N7O6. The van der Waals surface area contributed by atoms with Crippen LogP contribution in [0, 0.1) is 24.2 Å². The Morgan fingerprint density at radius 1 is 1.27 bits per heavy atom. The zero-order valence-electron chi connectivity index (χ0n) is 21.1. The Morgan fingerprint density at radius 3 is 2.70 bits per heavy atom. The molecule has 1 saturated heterocycles. The van der Waals surface area contributed by atoms with E-state index in [9.17, 15) is 28.0 Å². The van der Waals surface area contributed by atoms with Gasteiger partial charge in [-0.2, -0.15) is 18.4 Å². The third-order valence-electron chi connectivity index (χ3n) is 6.41. The number of pyridine rings is 1. The molecule has 3 aliphatic rings. The van der Waals surface area contributed by atoms with Gasteiger partial charge in [0.05, 0.1) is 18.3 Å². The number of aryl methyl sites for hydroxylation is 1. The van der Waals surface area contributed by atoms with E-state index in [0.717, 1.165) is 30.6 Å². The molecule has 0 aromatic carbocycles. The molecular weight excluding hydrogens is 539 g/mol. The Bertz CT molecular complexity index is 1360. The predicted molar refractivity (Wildman–Crippen MR) is 130 cm³/mol. The monoisotopic (exact) mass is 563 g/mol. The molecule has 2 aliphatic heterocycles. The number of carbonyl (C=O) groups excluding carboxylic acids is 2. The van der Waals surface area contributed by atoms with Gasteiger partial charge in [0, 0.05) is 11.9 Å². The summed E-state index contributed by atoms with van der Waals surface area (Å²) in [6, 6.07) is 2.25. The number of ether oxygens (including phenoxy) is 2. The maximum absolute atomic E-state index is 12.3. The summed E-state index contributed by atoms with van der Waals surface area (Å²) in [5.41, 5.74) is 4.01. The third-order valence-corrected chi connectivity index (χ3v) is 6.41. The Labute approximate surface area is 225 Å². The van der Waals surface area contributed by atoms with Crippen molar-refractivity contribution in [2.75, 3.05) is 36.5 Å². The van der Waals surface area contributed by atoms with Gasteiger partial charge in [0.2, 0.25) is 0 Å². The highest BCUT2D eigenvalue weighted by Gasteiger charge is 2.38. The van der Waals surface area contributed by atoms with E-state index in [1.165, 1.54) is 16.7 Å². The number of cyclic esters (lactones) is 1. The first kappa shape index (κ1) is 28.5. The number of nitrogens with one attached hydrogen (secondary N) is 2. The van der Waals surface area contributed by atoms with Gasteiger partial charge in [-0.1, -0.05) is 0 Å². The fraction of sp³-hybridized carbons (Fsp3) is 0.458. The summed E-state index contributed by atoms with van der Waals surface area (Å²) in [5.74, 6) is -1.92.